The van der Waals surface area contributed by atoms with Crippen LogP contribution in [0.25, 0.3) is 10.2 Å². The number of rotatable bonds is 8. The second-order valence-corrected chi connectivity index (χ2v) is 9.98. The molecule has 9 heteroatoms. The molecular weight excluding hydrogens is 467 g/mol. The molecule has 1 unspecified atom stereocenters. The van der Waals surface area contributed by atoms with Gasteiger partial charge >= 0.3 is 0 Å². The molecule has 1 atom stereocenters. The van der Waals surface area contributed by atoms with Crippen molar-refractivity contribution in [1.82, 2.24) is 19.4 Å². The van der Waals surface area contributed by atoms with Crippen LogP contribution in [0.5, 0.6) is 0 Å². The third-order valence-corrected chi connectivity index (χ3v) is 7.44. The quantitative estimate of drug-likeness (QED) is 0.392. The van der Waals surface area contributed by atoms with Gasteiger partial charge in [0.2, 0.25) is 5.43 Å². The first-order valence-corrected chi connectivity index (χ1v) is 12.1. The van der Waals surface area contributed by atoms with Crippen molar-refractivity contribution in [2.45, 2.75) is 26.1 Å². The van der Waals surface area contributed by atoms with Crippen LogP contribution < -0.4 is 10.7 Å². The van der Waals surface area contributed by atoms with Gasteiger partial charge in [-0.25, -0.2) is 4.39 Å². The minimum atomic E-state index is -0.628. The largest absolute Gasteiger partial charge is 0.386 e. The number of likely N-dealkylation sites (N-methyl/N-ethyl adjacent to an activating group) is 1. The predicted octanol–water partition coefficient (Wildman–Crippen LogP) is 3.48. The lowest BCUT2D eigenvalue weighted by atomic mass is 10.1. The van der Waals surface area contributed by atoms with Crippen molar-refractivity contribution in [3.05, 3.63) is 92.1 Å². The fourth-order valence-electron chi connectivity index (χ4n) is 4.28. The van der Waals surface area contributed by atoms with Crippen molar-refractivity contribution in [3.63, 3.8) is 0 Å². The van der Waals surface area contributed by atoms with Crippen LogP contribution in [0.2, 0.25) is 0 Å². The summed E-state index contributed by atoms with van der Waals surface area (Å²) >= 11 is 1.38. The minimum absolute atomic E-state index is 0.0717. The third kappa shape index (κ3) is 5.22. The van der Waals surface area contributed by atoms with Gasteiger partial charge in [-0.1, -0.05) is 12.1 Å². The summed E-state index contributed by atoms with van der Waals surface area (Å²) < 4.78 is 17.4. The number of thiophene rings is 1. The Bertz CT molecular complexity index is 1420. The number of aromatic nitrogens is 2. The number of aryl methyl sites for hydroxylation is 3. The standard InChI is InChI=1S/C26H29FN4O3S/c1-16-22(15-29(2)14-21(32)20-6-5-11-30(20)3)35-25-23(16)31(4)13-19(24(25)33)26(34)28-12-17-7-9-18(27)10-8-17/h5-11,13,21,32H,12,14-15H2,1-4H3,(H,28,34). The van der Waals surface area contributed by atoms with Crippen molar-refractivity contribution in [3.8, 4) is 0 Å². The summed E-state index contributed by atoms with van der Waals surface area (Å²) in [4.78, 5) is 29.1. The number of benzene rings is 1. The summed E-state index contributed by atoms with van der Waals surface area (Å²) in [6.45, 7) is 3.18. The maximum absolute atomic E-state index is 13.2. The zero-order chi connectivity index (χ0) is 25.3. The Balaban J connectivity index is 1.53. The second kappa shape index (κ2) is 10.2. The Morgan fingerprint density at radius 2 is 1.91 bits per heavy atom. The molecule has 3 aromatic heterocycles. The number of halogens is 1. The lowest BCUT2D eigenvalue weighted by molar-refractivity contribution is 0.0949. The number of hydrogen-bond acceptors (Lipinski definition) is 5. The number of carbonyl (C=O) groups is 1. The number of aliphatic hydroxyl groups is 1. The Labute approximate surface area is 207 Å². The van der Waals surface area contributed by atoms with E-state index in [0.717, 1.165) is 27.2 Å². The van der Waals surface area contributed by atoms with Gasteiger partial charge in [0.05, 0.1) is 10.2 Å². The van der Waals surface area contributed by atoms with Crippen LogP contribution in [0, 0.1) is 12.7 Å². The maximum atomic E-state index is 13.2. The number of pyridine rings is 1. The van der Waals surface area contributed by atoms with Gasteiger partial charge in [0.25, 0.3) is 5.91 Å². The van der Waals surface area contributed by atoms with Crippen LogP contribution in [0.3, 0.4) is 0 Å². The Kier molecular flexibility index (Phi) is 7.20. The lowest BCUT2D eigenvalue weighted by Gasteiger charge is -2.21. The highest BCUT2D eigenvalue weighted by atomic mass is 32.1. The van der Waals surface area contributed by atoms with Crippen molar-refractivity contribution < 1.29 is 14.3 Å². The summed E-state index contributed by atoms with van der Waals surface area (Å²) in [7, 11) is 5.66. The highest BCUT2D eigenvalue weighted by Gasteiger charge is 2.21. The lowest BCUT2D eigenvalue weighted by Crippen LogP contribution is -2.29. The number of hydrogen-bond donors (Lipinski definition) is 2. The van der Waals surface area contributed by atoms with E-state index in [4.69, 9.17) is 0 Å². The van der Waals surface area contributed by atoms with Crippen molar-refractivity contribution >= 4 is 27.5 Å². The van der Waals surface area contributed by atoms with Gasteiger partial charge in [0.1, 0.15) is 17.5 Å². The van der Waals surface area contributed by atoms with Crippen LogP contribution in [-0.2, 0) is 27.2 Å². The monoisotopic (exact) mass is 496 g/mol. The molecular formula is C26H29FN4O3S. The molecule has 0 saturated carbocycles. The first kappa shape index (κ1) is 24.8. The van der Waals surface area contributed by atoms with Crippen molar-refractivity contribution in [2.75, 3.05) is 13.6 Å². The van der Waals surface area contributed by atoms with E-state index in [2.05, 4.69) is 5.32 Å². The second-order valence-electron chi connectivity index (χ2n) is 8.88. The average Bonchev–Trinajstić information content (AvgIpc) is 3.39. The fraction of sp³-hybridized carbons (Fsp3) is 0.308. The van der Waals surface area contributed by atoms with Crippen molar-refractivity contribution in [1.29, 1.82) is 0 Å². The van der Waals surface area contributed by atoms with E-state index >= 15 is 0 Å². The first-order chi connectivity index (χ1) is 16.7. The first-order valence-electron chi connectivity index (χ1n) is 11.3. The highest BCUT2D eigenvalue weighted by molar-refractivity contribution is 7.19. The molecule has 0 radical (unpaired) electrons. The molecule has 3 heterocycles. The normalized spacial score (nSPS) is 12.4. The van der Waals surface area contributed by atoms with E-state index in [1.165, 1.54) is 23.5 Å². The average molecular weight is 497 g/mol. The molecule has 0 aliphatic carbocycles. The molecule has 2 N–H and O–H groups in total. The fourth-order valence-corrected chi connectivity index (χ4v) is 5.66. The number of carbonyl (C=O) groups excluding carboxylic acids is 1. The summed E-state index contributed by atoms with van der Waals surface area (Å²) in [5.41, 5.74) is 3.15. The van der Waals surface area contributed by atoms with Crippen LogP contribution in [0.15, 0.2) is 53.6 Å². The van der Waals surface area contributed by atoms with E-state index in [9.17, 15) is 19.1 Å². The number of amides is 1. The molecule has 0 aliphatic heterocycles. The van der Waals surface area contributed by atoms with E-state index in [-0.39, 0.29) is 23.4 Å². The van der Waals surface area contributed by atoms with Gasteiger partial charge in [-0.15, -0.1) is 11.3 Å². The van der Waals surface area contributed by atoms with Crippen LogP contribution >= 0.6 is 11.3 Å². The zero-order valence-corrected chi connectivity index (χ0v) is 21.0. The molecule has 35 heavy (non-hydrogen) atoms. The molecule has 1 aromatic carbocycles. The van der Waals surface area contributed by atoms with Crippen LogP contribution in [0.1, 0.15) is 38.2 Å². The van der Waals surface area contributed by atoms with Crippen LogP contribution in [0.4, 0.5) is 4.39 Å². The Hall–Kier alpha value is -3.27. The van der Waals surface area contributed by atoms with Gasteiger partial charge in [-0.3, -0.25) is 14.5 Å². The zero-order valence-electron chi connectivity index (χ0n) is 20.2. The highest BCUT2D eigenvalue weighted by Crippen LogP contribution is 2.30. The molecule has 0 aliphatic rings. The summed E-state index contributed by atoms with van der Waals surface area (Å²) in [6.07, 6.45) is 2.84. The van der Waals surface area contributed by atoms with E-state index < -0.39 is 12.0 Å². The molecule has 4 rings (SSSR count). The molecule has 0 fully saturated rings. The van der Waals surface area contributed by atoms with Gasteiger partial charge in [-0.2, -0.15) is 0 Å². The maximum Gasteiger partial charge on any atom is 0.257 e. The molecule has 1 amide bonds. The Morgan fingerprint density at radius 3 is 2.57 bits per heavy atom. The minimum Gasteiger partial charge on any atom is -0.386 e. The molecule has 0 bridgehead atoms. The molecule has 184 valence electrons. The van der Waals surface area contributed by atoms with Gasteiger partial charge in [0.15, 0.2) is 0 Å². The summed E-state index contributed by atoms with van der Waals surface area (Å²) in [5, 5.41) is 13.4. The van der Waals surface area contributed by atoms with Gasteiger partial charge in [-0.05, 0) is 49.4 Å². The van der Waals surface area contributed by atoms with E-state index in [1.807, 2.05) is 60.4 Å². The smallest absolute Gasteiger partial charge is 0.257 e. The van der Waals surface area contributed by atoms with Gasteiger partial charge < -0.3 is 19.6 Å². The number of aliphatic hydroxyl groups excluding tert-OH is 1. The Morgan fingerprint density at radius 1 is 1.20 bits per heavy atom. The van der Waals surface area contributed by atoms with Crippen LogP contribution in [-0.4, -0.2) is 38.6 Å². The summed E-state index contributed by atoms with van der Waals surface area (Å²) in [5.74, 6) is -0.810. The molecule has 7 nitrogen and oxygen atoms in total. The third-order valence-electron chi connectivity index (χ3n) is 6.17. The van der Waals surface area contributed by atoms with E-state index in [0.29, 0.717) is 17.8 Å². The SMILES string of the molecule is Cc1c(CN(C)CC(O)c2cccn2C)sc2c(=O)c(C(=O)NCc3ccc(F)cc3)cn(C)c12. The predicted molar refractivity (Wildman–Crippen MR) is 136 cm³/mol. The van der Waals surface area contributed by atoms with Gasteiger partial charge in [0, 0.05) is 56.7 Å². The molecule has 4 aromatic rings. The van der Waals surface area contributed by atoms with Crippen molar-refractivity contribution in [2.24, 2.45) is 14.1 Å². The number of nitrogens with one attached hydrogen (secondary N) is 1. The number of fused-ring (bicyclic) bond motifs is 1. The molecule has 0 spiro atoms. The molecule has 0 saturated heterocycles. The topological polar surface area (TPSA) is 79.5 Å². The summed E-state index contributed by atoms with van der Waals surface area (Å²) in [6, 6.07) is 9.65. The number of nitrogens with zero attached hydrogens (tertiary/aromatic N) is 3. The van der Waals surface area contributed by atoms with E-state index in [1.54, 1.807) is 18.3 Å².